The number of carbonyl (C=O) groups is 1. The van der Waals surface area contributed by atoms with Crippen LogP contribution in [0.3, 0.4) is 0 Å². The number of allylic oxidation sites excluding steroid dienone is 1. The van der Waals surface area contributed by atoms with Crippen LogP contribution in [0.4, 0.5) is 0 Å². The summed E-state index contributed by atoms with van der Waals surface area (Å²) in [6, 6.07) is 0. The third-order valence-corrected chi connectivity index (χ3v) is 4.31. The molecule has 0 aliphatic carbocycles. The van der Waals surface area contributed by atoms with Gasteiger partial charge in [0.25, 0.3) is 0 Å². The number of amides is 1. The molecule has 0 rings (SSSR count). The maximum Gasteiger partial charge on any atom is 0.219 e. The molecule has 0 spiro atoms. The zero-order chi connectivity index (χ0) is 17.9. The summed E-state index contributed by atoms with van der Waals surface area (Å²) in [5.41, 5.74) is 0. The van der Waals surface area contributed by atoms with Gasteiger partial charge in [0.05, 0.1) is 6.10 Å². The predicted octanol–water partition coefficient (Wildman–Crippen LogP) is 5.52. The molecule has 0 aliphatic heterocycles. The number of aliphatic hydroxyl groups excluding tert-OH is 1. The molecule has 0 bridgehead atoms. The predicted molar refractivity (Wildman–Crippen MR) is 104 cm³/mol. The normalized spacial score (nSPS) is 12.6. The van der Waals surface area contributed by atoms with E-state index in [2.05, 4.69) is 31.3 Å². The van der Waals surface area contributed by atoms with Gasteiger partial charge < -0.3 is 10.4 Å². The molecule has 1 atom stereocenters. The lowest BCUT2D eigenvalue weighted by Crippen LogP contribution is -2.23. The second-order valence-electron chi connectivity index (χ2n) is 6.87. The minimum Gasteiger partial charge on any atom is -0.393 e. The Balaban J connectivity index is 3.30. The molecule has 0 fully saturated rings. The van der Waals surface area contributed by atoms with Crippen LogP contribution >= 0.6 is 0 Å². The van der Waals surface area contributed by atoms with Crippen molar-refractivity contribution in [3.05, 3.63) is 12.2 Å². The van der Waals surface area contributed by atoms with Gasteiger partial charge in [-0.15, -0.1) is 0 Å². The van der Waals surface area contributed by atoms with E-state index in [1.807, 2.05) is 0 Å². The van der Waals surface area contributed by atoms with Crippen LogP contribution in [0.25, 0.3) is 0 Å². The molecule has 3 heteroatoms. The van der Waals surface area contributed by atoms with Crippen molar-refractivity contribution in [2.45, 2.75) is 110 Å². The van der Waals surface area contributed by atoms with E-state index in [9.17, 15) is 9.90 Å². The van der Waals surface area contributed by atoms with Crippen molar-refractivity contribution < 1.29 is 9.90 Å². The second-order valence-corrected chi connectivity index (χ2v) is 6.87. The second kappa shape index (κ2) is 18.5. The van der Waals surface area contributed by atoms with Crippen molar-refractivity contribution in [3.63, 3.8) is 0 Å². The maximum absolute atomic E-state index is 11.4. The summed E-state index contributed by atoms with van der Waals surface area (Å²) in [5.74, 6) is 0.202. The van der Waals surface area contributed by atoms with E-state index in [-0.39, 0.29) is 12.0 Å². The highest BCUT2D eigenvalue weighted by atomic mass is 16.3. The van der Waals surface area contributed by atoms with Crippen LogP contribution in [0.2, 0.25) is 0 Å². The third kappa shape index (κ3) is 17.5. The highest BCUT2D eigenvalue weighted by Gasteiger charge is 2.01. The fraction of sp³-hybridized carbons (Fsp3) is 0.857. The Hall–Kier alpha value is -0.830. The highest BCUT2D eigenvalue weighted by Crippen LogP contribution is 2.10. The van der Waals surface area contributed by atoms with Gasteiger partial charge in [0.2, 0.25) is 5.91 Å². The van der Waals surface area contributed by atoms with Crippen LogP contribution in [-0.2, 0) is 4.79 Å². The average molecular weight is 340 g/mol. The SMILES string of the molecule is CCCCCCC(O)C/C=C\CCCCCCCC(=O)NCCC. The molecule has 0 saturated heterocycles. The van der Waals surface area contributed by atoms with E-state index < -0.39 is 0 Å². The highest BCUT2D eigenvalue weighted by molar-refractivity contribution is 5.75. The van der Waals surface area contributed by atoms with Crippen LogP contribution < -0.4 is 5.32 Å². The lowest BCUT2D eigenvalue weighted by atomic mass is 10.1. The Labute approximate surface area is 150 Å². The molecule has 0 aromatic heterocycles. The Morgan fingerprint density at radius 2 is 1.62 bits per heavy atom. The number of hydrogen-bond acceptors (Lipinski definition) is 2. The van der Waals surface area contributed by atoms with Gasteiger partial charge in [-0.25, -0.2) is 0 Å². The summed E-state index contributed by atoms with van der Waals surface area (Å²) in [4.78, 5) is 11.4. The van der Waals surface area contributed by atoms with Crippen LogP contribution in [0.5, 0.6) is 0 Å². The van der Waals surface area contributed by atoms with Gasteiger partial charge in [-0.1, -0.05) is 70.9 Å². The number of rotatable bonds is 17. The average Bonchev–Trinajstić information content (AvgIpc) is 2.58. The number of nitrogens with one attached hydrogen (secondary N) is 1. The van der Waals surface area contributed by atoms with E-state index in [1.165, 1.54) is 38.5 Å². The van der Waals surface area contributed by atoms with E-state index in [0.717, 1.165) is 51.5 Å². The van der Waals surface area contributed by atoms with Crippen LogP contribution in [0, 0.1) is 0 Å². The van der Waals surface area contributed by atoms with Crippen molar-refractivity contribution in [1.82, 2.24) is 5.32 Å². The van der Waals surface area contributed by atoms with Gasteiger partial charge >= 0.3 is 0 Å². The van der Waals surface area contributed by atoms with Crippen molar-refractivity contribution >= 4 is 5.91 Å². The number of aliphatic hydroxyl groups is 1. The van der Waals surface area contributed by atoms with E-state index >= 15 is 0 Å². The van der Waals surface area contributed by atoms with Gasteiger partial charge in [0, 0.05) is 13.0 Å². The molecule has 0 aromatic rings. The van der Waals surface area contributed by atoms with Crippen LogP contribution in [0.1, 0.15) is 104 Å². The van der Waals surface area contributed by atoms with E-state index in [4.69, 9.17) is 0 Å². The molecule has 0 radical (unpaired) electrons. The van der Waals surface area contributed by atoms with Crippen molar-refractivity contribution in [2.24, 2.45) is 0 Å². The standard InChI is InChI=1S/C21H41NO2/c1-3-5-6-13-16-20(23)17-14-11-9-7-8-10-12-15-18-21(24)22-19-4-2/h11,14,20,23H,3-10,12-13,15-19H2,1-2H3,(H,22,24)/b14-11-. The summed E-state index contributed by atoms with van der Waals surface area (Å²) in [5, 5.41) is 12.8. The summed E-state index contributed by atoms with van der Waals surface area (Å²) >= 11 is 0. The monoisotopic (exact) mass is 339 g/mol. The molecule has 1 unspecified atom stereocenters. The largest absolute Gasteiger partial charge is 0.393 e. The lowest BCUT2D eigenvalue weighted by molar-refractivity contribution is -0.121. The topological polar surface area (TPSA) is 49.3 Å². The number of carbonyl (C=O) groups excluding carboxylic acids is 1. The molecule has 0 aromatic carbocycles. The quantitative estimate of drug-likeness (QED) is 0.271. The minimum atomic E-state index is -0.156. The Morgan fingerprint density at radius 3 is 2.38 bits per heavy atom. The van der Waals surface area contributed by atoms with Gasteiger partial charge in [0.1, 0.15) is 0 Å². The summed E-state index contributed by atoms with van der Waals surface area (Å²) in [7, 11) is 0. The summed E-state index contributed by atoms with van der Waals surface area (Å²) < 4.78 is 0. The molecule has 142 valence electrons. The van der Waals surface area contributed by atoms with Crippen molar-refractivity contribution in [1.29, 1.82) is 0 Å². The summed E-state index contributed by atoms with van der Waals surface area (Å²) in [6.45, 7) is 5.09. The zero-order valence-corrected chi connectivity index (χ0v) is 16.2. The molecule has 0 heterocycles. The fourth-order valence-electron chi connectivity index (χ4n) is 2.73. The van der Waals surface area contributed by atoms with Gasteiger partial charge in [-0.3, -0.25) is 4.79 Å². The third-order valence-electron chi connectivity index (χ3n) is 4.31. The zero-order valence-electron chi connectivity index (χ0n) is 16.2. The fourth-order valence-corrected chi connectivity index (χ4v) is 2.73. The van der Waals surface area contributed by atoms with Crippen molar-refractivity contribution in [3.8, 4) is 0 Å². The van der Waals surface area contributed by atoms with E-state index in [1.54, 1.807) is 0 Å². The summed E-state index contributed by atoms with van der Waals surface area (Å²) in [6.07, 6.45) is 19.5. The molecule has 1 amide bonds. The molecular formula is C21H41NO2. The van der Waals surface area contributed by atoms with Gasteiger partial charge in [-0.05, 0) is 38.5 Å². The van der Waals surface area contributed by atoms with Gasteiger partial charge in [0.15, 0.2) is 0 Å². The van der Waals surface area contributed by atoms with Crippen LogP contribution in [0.15, 0.2) is 12.2 Å². The first-order valence-electron chi connectivity index (χ1n) is 10.3. The van der Waals surface area contributed by atoms with Gasteiger partial charge in [-0.2, -0.15) is 0 Å². The molecule has 2 N–H and O–H groups in total. The number of unbranched alkanes of at least 4 members (excludes halogenated alkanes) is 8. The molecule has 0 aliphatic rings. The van der Waals surface area contributed by atoms with Crippen molar-refractivity contribution in [2.75, 3.05) is 6.54 Å². The van der Waals surface area contributed by atoms with Crippen LogP contribution in [-0.4, -0.2) is 23.7 Å². The maximum atomic E-state index is 11.4. The minimum absolute atomic E-state index is 0.156. The Morgan fingerprint density at radius 1 is 0.917 bits per heavy atom. The number of hydrogen-bond donors (Lipinski definition) is 2. The first kappa shape index (κ1) is 23.2. The smallest absolute Gasteiger partial charge is 0.219 e. The lowest BCUT2D eigenvalue weighted by Gasteiger charge is -2.07. The Kier molecular flexibility index (Phi) is 17.9. The first-order valence-corrected chi connectivity index (χ1v) is 10.3. The molecule has 3 nitrogen and oxygen atoms in total. The molecular weight excluding hydrogens is 298 g/mol. The molecule has 24 heavy (non-hydrogen) atoms. The first-order chi connectivity index (χ1) is 11.7. The Bertz CT molecular complexity index is 302. The van der Waals surface area contributed by atoms with E-state index in [0.29, 0.717) is 6.42 Å². The molecule has 0 saturated carbocycles.